The number of nitrogens with zero attached hydrogens (tertiary/aromatic N) is 1. The number of amidine groups is 2. The van der Waals surface area contributed by atoms with E-state index in [2.05, 4.69) is 10.6 Å². The van der Waals surface area contributed by atoms with E-state index in [1.165, 1.54) is 19.1 Å². The van der Waals surface area contributed by atoms with Gasteiger partial charge in [0.05, 0.1) is 11.4 Å². The fourth-order valence-electron chi connectivity index (χ4n) is 4.55. The molecule has 0 bridgehead atoms. The third kappa shape index (κ3) is 9.43. The Morgan fingerprint density at radius 3 is 2.29 bits per heavy atom. The Morgan fingerprint density at radius 1 is 1.00 bits per heavy atom. The fourth-order valence-corrected chi connectivity index (χ4v) is 4.55. The number of piperidine rings is 1. The van der Waals surface area contributed by atoms with E-state index in [0.717, 1.165) is 25.9 Å². The topological polar surface area (TPSA) is 182 Å². The first kappa shape index (κ1) is 31.8. The molecule has 12 nitrogen and oxygen atoms in total. The van der Waals surface area contributed by atoms with E-state index < -0.39 is 23.6 Å². The number of alkyl carbamates (subject to hydrolysis) is 1. The first-order valence-electron chi connectivity index (χ1n) is 13.5. The highest BCUT2D eigenvalue weighted by molar-refractivity contribution is 6.05. The van der Waals surface area contributed by atoms with Crippen LogP contribution in [0.4, 0.5) is 10.5 Å². The number of benzene rings is 2. The Kier molecular flexibility index (Phi) is 10.4. The summed E-state index contributed by atoms with van der Waals surface area (Å²) in [6.07, 6.45) is 0.991. The molecule has 0 spiro atoms. The maximum Gasteiger partial charge on any atom is 0.413 e. The van der Waals surface area contributed by atoms with Gasteiger partial charge >= 0.3 is 18.0 Å². The highest BCUT2D eigenvalue weighted by Gasteiger charge is 2.26. The molecule has 3 rings (SSSR count). The molecule has 12 heteroatoms. The van der Waals surface area contributed by atoms with Crippen LogP contribution in [0.2, 0.25) is 0 Å². The average Bonchev–Trinajstić information content (AvgIpc) is 2.91. The molecule has 0 unspecified atom stereocenters. The number of ether oxygens (including phenoxy) is 2. The lowest BCUT2D eigenvalue weighted by Gasteiger charge is -2.32. The van der Waals surface area contributed by atoms with E-state index in [1.807, 2.05) is 4.90 Å². The number of rotatable bonds is 9. The zero-order chi connectivity index (χ0) is 31.0. The smallest absolute Gasteiger partial charge is 0.413 e. The van der Waals surface area contributed by atoms with Crippen LogP contribution in [0.3, 0.4) is 0 Å². The Bertz CT molecular complexity index is 1380. The summed E-state index contributed by atoms with van der Waals surface area (Å²) in [5.41, 5.74) is 0.595. The Morgan fingerprint density at radius 2 is 1.67 bits per heavy atom. The van der Waals surface area contributed by atoms with Crippen molar-refractivity contribution in [2.45, 2.75) is 52.6 Å². The molecule has 0 radical (unpaired) electrons. The Balaban J connectivity index is 1.71. The maximum absolute atomic E-state index is 12.8. The van der Waals surface area contributed by atoms with Gasteiger partial charge in [0.1, 0.15) is 18.0 Å². The molecule has 0 saturated carbocycles. The minimum absolute atomic E-state index is 0.0187. The largest absolute Gasteiger partial charge is 0.478 e. The van der Waals surface area contributed by atoms with Crippen LogP contribution in [0.15, 0.2) is 42.5 Å². The zero-order valence-corrected chi connectivity index (χ0v) is 24.2. The number of likely N-dealkylation sites (tertiary alicyclic amines) is 1. The van der Waals surface area contributed by atoms with Crippen LogP contribution in [0, 0.1) is 16.7 Å². The van der Waals surface area contributed by atoms with Crippen molar-refractivity contribution in [2.75, 3.05) is 25.0 Å². The molecule has 1 heterocycles. The SMILES string of the molecule is CC(=N)N1CCC(CC(=O)Nc2cc(C(=O)O)cc(-c3cccc(C(=N)NC(=O)OC(C)(C)COC(C)=O)c3)c2)CC1. The molecule has 0 aromatic heterocycles. The highest BCUT2D eigenvalue weighted by atomic mass is 16.6. The lowest BCUT2D eigenvalue weighted by molar-refractivity contribution is -0.147. The van der Waals surface area contributed by atoms with Crippen molar-refractivity contribution in [1.29, 1.82) is 10.8 Å². The lowest BCUT2D eigenvalue weighted by atomic mass is 9.93. The molecule has 2 aromatic rings. The van der Waals surface area contributed by atoms with Crippen LogP contribution in [0.1, 0.15) is 62.9 Å². The average molecular weight is 580 g/mol. The van der Waals surface area contributed by atoms with Crippen molar-refractivity contribution in [3.63, 3.8) is 0 Å². The van der Waals surface area contributed by atoms with Crippen LogP contribution in [0.25, 0.3) is 11.1 Å². The van der Waals surface area contributed by atoms with E-state index in [0.29, 0.717) is 34.6 Å². The molecule has 2 amide bonds. The minimum atomic E-state index is -1.16. The zero-order valence-electron chi connectivity index (χ0n) is 24.2. The standard InChI is InChI=1S/C30H37N5O7/c1-18(31)35-10-8-20(9-11-35)12-26(37)33-25-15-23(14-24(16-25)28(38)39)21-6-5-7-22(13-21)27(32)34-29(40)42-30(3,4)17-41-19(2)36/h5-7,13-16,20,31H,8-12,17H2,1-4H3,(H,33,37)(H,38,39)(H2,32,34,40). The third-order valence-electron chi connectivity index (χ3n) is 6.73. The van der Waals surface area contributed by atoms with Gasteiger partial charge < -0.3 is 24.8 Å². The normalized spacial score (nSPS) is 13.6. The van der Waals surface area contributed by atoms with Crippen LogP contribution < -0.4 is 10.6 Å². The summed E-state index contributed by atoms with van der Waals surface area (Å²) in [4.78, 5) is 50.1. The van der Waals surface area contributed by atoms with Gasteiger partial charge in [0.15, 0.2) is 0 Å². The number of amides is 2. The van der Waals surface area contributed by atoms with Crippen molar-refractivity contribution in [1.82, 2.24) is 10.2 Å². The molecule has 42 heavy (non-hydrogen) atoms. The minimum Gasteiger partial charge on any atom is -0.478 e. The summed E-state index contributed by atoms with van der Waals surface area (Å²) < 4.78 is 10.2. The van der Waals surface area contributed by atoms with Crippen LogP contribution in [-0.4, -0.2) is 70.9 Å². The molecular weight excluding hydrogens is 542 g/mol. The fraction of sp³-hybridized carbons (Fsp3) is 0.400. The van der Waals surface area contributed by atoms with Crippen LogP contribution in [0.5, 0.6) is 0 Å². The van der Waals surface area contributed by atoms with Gasteiger partial charge in [-0.3, -0.25) is 25.7 Å². The number of carboxylic acid groups (broad SMARTS) is 1. The van der Waals surface area contributed by atoms with Gasteiger partial charge in [-0.2, -0.15) is 0 Å². The summed E-state index contributed by atoms with van der Waals surface area (Å²) in [6, 6.07) is 11.1. The van der Waals surface area contributed by atoms with E-state index in [-0.39, 0.29) is 29.8 Å². The van der Waals surface area contributed by atoms with Gasteiger partial charge in [0.2, 0.25) is 5.91 Å². The van der Waals surface area contributed by atoms with Crippen molar-refractivity contribution in [3.05, 3.63) is 53.6 Å². The monoisotopic (exact) mass is 579 g/mol. The summed E-state index contributed by atoms with van der Waals surface area (Å²) in [6.45, 7) is 7.43. The number of anilines is 1. The quantitative estimate of drug-likeness (QED) is 0.164. The van der Waals surface area contributed by atoms with Crippen molar-refractivity contribution in [2.24, 2.45) is 5.92 Å². The second-order valence-electron chi connectivity index (χ2n) is 10.9. The van der Waals surface area contributed by atoms with Crippen molar-refractivity contribution < 1.29 is 33.8 Å². The predicted octanol–water partition coefficient (Wildman–Crippen LogP) is 4.48. The number of esters is 1. The van der Waals surface area contributed by atoms with Gasteiger partial charge in [0.25, 0.3) is 0 Å². The number of hydrogen-bond acceptors (Lipinski definition) is 8. The summed E-state index contributed by atoms with van der Waals surface area (Å²) in [5.74, 6) is -1.45. The second-order valence-corrected chi connectivity index (χ2v) is 10.9. The predicted molar refractivity (Wildman–Crippen MR) is 157 cm³/mol. The van der Waals surface area contributed by atoms with Crippen LogP contribution >= 0.6 is 0 Å². The number of hydrogen-bond donors (Lipinski definition) is 5. The number of aromatic carboxylic acids is 1. The third-order valence-corrected chi connectivity index (χ3v) is 6.73. The number of nitrogens with one attached hydrogen (secondary N) is 4. The summed E-state index contributed by atoms with van der Waals surface area (Å²) in [7, 11) is 0. The van der Waals surface area contributed by atoms with Gasteiger partial charge in [0, 0.05) is 37.7 Å². The van der Waals surface area contributed by atoms with E-state index in [4.69, 9.17) is 20.3 Å². The Hall–Kier alpha value is -4.74. The molecule has 0 atom stereocenters. The maximum atomic E-state index is 12.8. The van der Waals surface area contributed by atoms with Crippen LogP contribution in [-0.2, 0) is 19.1 Å². The molecule has 1 saturated heterocycles. The molecule has 0 aliphatic carbocycles. The van der Waals surface area contributed by atoms with Gasteiger partial charge in [-0.05, 0) is 74.9 Å². The first-order valence-corrected chi connectivity index (χ1v) is 13.5. The summed E-state index contributed by atoms with van der Waals surface area (Å²) >= 11 is 0. The molecule has 224 valence electrons. The number of carbonyl (C=O) groups is 4. The molecule has 1 fully saturated rings. The van der Waals surface area contributed by atoms with E-state index in [1.54, 1.807) is 51.1 Å². The van der Waals surface area contributed by atoms with E-state index in [9.17, 15) is 24.3 Å². The number of carbonyl (C=O) groups excluding carboxylic acids is 3. The van der Waals surface area contributed by atoms with Gasteiger partial charge in [-0.15, -0.1) is 0 Å². The second kappa shape index (κ2) is 13.7. The molecular formula is C30H37N5O7. The lowest BCUT2D eigenvalue weighted by Crippen LogP contribution is -2.40. The molecule has 5 N–H and O–H groups in total. The van der Waals surface area contributed by atoms with Gasteiger partial charge in [-0.25, -0.2) is 9.59 Å². The van der Waals surface area contributed by atoms with Crippen molar-refractivity contribution in [3.8, 4) is 11.1 Å². The summed E-state index contributed by atoms with van der Waals surface area (Å²) in [5, 5.41) is 31.0. The highest BCUT2D eigenvalue weighted by Crippen LogP contribution is 2.27. The van der Waals surface area contributed by atoms with E-state index >= 15 is 0 Å². The molecule has 1 aliphatic heterocycles. The Labute approximate surface area is 244 Å². The van der Waals surface area contributed by atoms with Gasteiger partial charge in [-0.1, -0.05) is 18.2 Å². The number of carboxylic acids is 1. The first-order chi connectivity index (χ1) is 19.7. The van der Waals surface area contributed by atoms with Crippen molar-refractivity contribution >= 4 is 41.3 Å². The molecule has 2 aromatic carbocycles. The molecule has 1 aliphatic rings.